The number of anilines is 1. The maximum atomic E-state index is 13.5. The molecular formula is C27H28N4O2S. The monoisotopic (exact) mass is 472 g/mol. The third-order valence-corrected chi connectivity index (χ3v) is 7.47. The number of aromatic nitrogens is 2. The third kappa shape index (κ3) is 4.29. The normalized spacial score (nSPS) is 15.4. The molecular weight excluding hydrogens is 444 g/mol. The molecule has 6 nitrogen and oxygen atoms in total. The van der Waals surface area contributed by atoms with Crippen molar-refractivity contribution in [3.8, 4) is 0 Å². The number of fused-ring (bicyclic) bond motifs is 1. The standard InChI is InChI=1S/C27H28N4O2S/c1-33-18-15-29-26-30-23(19-34-26)27(21-9-3-2-4-10-21)12-16-31(17-13-27)25(32)22-11-5-7-20-8-6-14-28-24(20)22/h2-11,14,19H,12-13,15-18H2,1H3,(H,29,30). The minimum absolute atomic E-state index is 0.0474. The molecule has 0 bridgehead atoms. The summed E-state index contributed by atoms with van der Waals surface area (Å²) in [6, 6.07) is 20.3. The van der Waals surface area contributed by atoms with E-state index in [9.17, 15) is 4.79 Å². The molecule has 0 atom stereocenters. The number of hydrogen-bond donors (Lipinski definition) is 1. The SMILES string of the molecule is COCCNc1nc(C2(c3ccccc3)CCN(C(=O)c3cccc4cccnc34)CC2)cs1. The molecule has 1 aliphatic rings. The maximum Gasteiger partial charge on any atom is 0.256 e. The molecule has 0 spiro atoms. The minimum atomic E-state index is -0.216. The number of pyridine rings is 1. The Morgan fingerprint density at radius 1 is 1.09 bits per heavy atom. The Balaban J connectivity index is 1.40. The second-order valence-electron chi connectivity index (χ2n) is 8.58. The summed E-state index contributed by atoms with van der Waals surface area (Å²) in [6.45, 7) is 2.70. The van der Waals surface area contributed by atoms with Gasteiger partial charge in [0.2, 0.25) is 0 Å². The lowest BCUT2D eigenvalue weighted by Crippen LogP contribution is -2.46. The molecule has 1 saturated heterocycles. The van der Waals surface area contributed by atoms with Gasteiger partial charge in [-0.2, -0.15) is 0 Å². The Kier molecular flexibility index (Phi) is 6.56. The van der Waals surface area contributed by atoms with Crippen LogP contribution in [0.1, 0.15) is 34.5 Å². The largest absolute Gasteiger partial charge is 0.383 e. The molecule has 2 aromatic heterocycles. The summed E-state index contributed by atoms with van der Waals surface area (Å²) in [7, 11) is 1.70. The van der Waals surface area contributed by atoms with Gasteiger partial charge in [-0.05, 0) is 30.5 Å². The van der Waals surface area contributed by atoms with Crippen molar-refractivity contribution in [3.63, 3.8) is 0 Å². The van der Waals surface area contributed by atoms with E-state index in [2.05, 4.69) is 39.9 Å². The summed E-state index contributed by atoms with van der Waals surface area (Å²) >= 11 is 1.63. The number of hydrogen-bond acceptors (Lipinski definition) is 6. The molecule has 2 aromatic carbocycles. The second-order valence-corrected chi connectivity index (χ2v) is 9.44. The van der Waals surface area contributed by atoms with E-state index < -0.39 is 0 Å². The second kappa shape index (κ2) is 9.91. The van der Waals surface area contributed by atoms with E-state index in [0.717, 1.165) is 41.1 Å². The van der Waals surface area contributed by atoms with E-state index in [4.69, 9.17) is 9.72 Å². The number of nitrogens with zero attached hydrogens (tertiary/aromatic N) is 3. The van der Waals surface area contributed by atoms with Crippen molar-refractivity contribution in [3.05, 3.63) is 89.1 Å². The molecule has 7 heteroatoms. The highest BCUT2D eigenvalue weighted by molar-refractivity contribution is 7.13. The van der Waals surface area contributed by atoms with Crippen molar-refractivity contribution in [2.45, 2.75) is 18.3 Å². The predicted octanol–water partition coefficient (Wildman–Crippen LogP) is 4.97. The van der Waals surface area contributed by atoms with Gasteiger partial charge in [0.25, 0.3) is 5.91 Å². The van der Waals surface area contributed by atoms with E-state index >= 15 is 0 Å². The molecule has 1 amide bonds. The fourth-order valence-corrected chi connectivity index (χ4v) is 5.66. The minimum Gasteiger partial charge on any atom is -0.383 e. The zero-order chi connectivity index (χ0) is 23.4. The van der Waals surface area contributed by atoms with Crippen molar-refractivity contribution in [1.29, 1.82) is 0 Å². The number of amides is 1. The van der Waals surface area contributed by atoms with E-state index in [1.54, 1.807) is 24.6 Å². The Hall–Kier alpha value is -3.29. The number of likely N-dealkylation sites (tertiary alicyclic amines) is 1. The molecule has 1 aliphatic heterocycles. The molecule has 1 fully saturated rings. The van der Waals surface area contributed by atoms with Gasteiger partial charge < -0.3 is 15.0 Å². The summed E-state index contributed by atoms with van der Waals surface area (Å²) in [4.78, 5) is 24.9. The number of thiazole rings is 1. The molecule has 0 radical (unpaired) electrons. The van der Waals surface area contributed by atoms with Gasteiger partial charge >= 0.3 is 0 Å². The zero-order valence-electron chi connectivity index (χ0n) is 19.2. The van der Waals surface area contributed by atoms with Crippen LogP contribution in [0.2, 0.25) is 0 Å². The van der Waals surface area contributed by atoms with Crippen LogP contribution in [0.4, 0.5) is 5.13 Å². The Bertz CT molecular complexity index is 1260. The number of para-hydroxylation sites is 1. The van der Waals surface area contributed by atoms with Crippen LogP contribution >= 0.6 is 11.3 Å². The van der Waals surface area contributed by atoms with Crippen LogP contribution in [-0.2, 0) is 10.2 Å². The van der Waals surface area contributed by atoms with Crippen molar-refractivity contribution in [1.82, 2.24) is 14.9 Å². The first kappa shape index (κ1) is 22.5. The summed E-state index contributed by atoms with van der Waals surface area (Å²) in [5, 5.41) is 7.40. The predicted molar refractivity (Wildman–Crippen MR) is 137 cm³/mol. The number of carbonyl (C=O) groups is 1. The average molecular weight is 473 g/mol. The molecule has 3 heterocycles. The number of nitrogens with one attached hydrogen (secondary N) is 1. The zero-order valence-corrected chi connectivity index (χ0v) is 20.1. The van der Waals surface area contributed by atoms with Crippen LogP contribution in [0.5, 0.6) is 0 Å². The number of benzene rings is 2. The van der Waals surface area contributed by atoms with Gasteiger partial charge in [0.15, 0.2) is 5.13 Å². The fourth-order valence-electron chi connectivity index (χ4n) is 4.82. The van der Waals surface area contributed by atoms with Crippen molar-refractivity contribution in [2.24, 2.45) is 0 Å². The summed E-state index contributed by atoms with van der Waals surface area (Å²) in [6.07, 6.45) is 3.39. The van der Waals surface area contributed by atoms with Gasteiger partial charge in [0.1, 0.15) is 0 Å². The molecule has 174 valence electrons. The molecule has 34 heavy (non-hydrogen) atoms. The Labute approximate surface area is 203 Å². The highest BCUT2D eigenvalue weighted by Crippen LogP contribution is 2.43. The highest BCUT2D eigenvalue weighted by atomic mass is 32.1. The molecule has 0 aliphatic carbocycles. The first-order valence-electron chi connectivity index (χ1n) is 11.6. The van der Waals surface area contributed by atoms with Gasteiger partial charge in [-0.3, -0.25) is 9.78 Å². The van der Waals surface area contributed by atoms with Gasteiger partial charge in [0, 0.05) is 49.1 Å². The Morgan fingerprint density at radius 2 is 1.88 bits per heavy atom. The molecule has 0 unspecified atom stereocenters. The quantitative estimate of drug-likeness (QED) is 0.385. The van der Waals surface area contributed by atoms with E-state index in [0.29, 0.717) is 25.3 Å². The van der Waals surface area contributed by atoms with Gasteiger partial charge in [-0.15, -0.1) is 11.3 Å². The first-order valence-corrected chi connectivity index (χ1v) is 12.5. The first-order chi connectivity index (χ1) is 16.7. The molecule has 0 saturated carbocycles. The van der Waals surface area contributed by atoms with Crippen LogP contribution in [0, 0.1) is 0 Å². The lowest BCUT2D eigenvalue weighted by molar-refractivity contribution is 0.0686. The van der Waals surface area contributed by atoms with E-state index in [1.165, 1.54) is 5.56 Å². The van der Waals surface area contributed by atoms with Gasteiger partial charge in [0.05, 0.1) is 23.4 Å². The molecule has 1 N–H and O–H groups in total. The van der Waals surface area contributed by atoms with Crippen LogP contribution in [-0.4, -0.2) is 54.1 Å². The number of methoxy groups -OCH3 is 1. The highest BCUT2D eigenvalue weighted by Gasteiger charge is 2.41. The number of rotatable bonds is 7. The smallest absolute Gasteiger partial charge is 0.256 e. The average Bonchev–Trinajstić information content (AvgIpc) is 3.38. The van der Waals surface area contributed by atoms with Crippen molar-refractivity contribution in [2.75, 3.05) is 38.7 Å². The maximum absolute atomic E-state index is 13.5. The molecule has 4 aromatic rings. The lowest BCUT2D eigenvalue weighted by Gasteiger charge is -2.41. The van der Waals surface area contributed by atoms with Crippen LogP contribution in [0.15, 0.2) is 72.2 Å². The summed E-state index contributed by atoms with van der Waals surface area (Å²) in [5.41, 5.74) is 3.54. The summed E-state index contributed by atoms with van der Waals surface area (Å²) in [5.74, 6) is 0.0474. The topological polar surface area (TPSA) is 67.3 Å². The lowest BCUT2D eigenvalue weighted by atomic mass is 9.70. The Morgan fingerprint density at radius 3 is 2.68 bits per heavy atom. The van der Waals surface area contributed by atoms with E-state index in [-0.39, 0.29) is 11.3 Å². The van der Waals surface area contributed by atoms with Crippen molar-refractivity contribution < 1.29 is 9.53 Å². The number of ether oxygens (including phenoxy) is 1. The molecule has 5 rings (SSSR count). The van der Waals surface area contributed by atoms with Crippen molar-refractivity contribution >= 4 is 33.3 Å². The van der Waals surface area contributed by atoms with E-state index in [1.807, 2.05) is 41.3 Å². The van der Waals surface area contributed by atoms with Crippen LogP contribution < -0.4 is 5.32 Å². The van der Waals surface area contributed by atoms with Crippen LogP contribution in [0.25, 0.3) is 10.9 Å². The fraction of sp³-hybridized carbons (Fsp3) is 0.296. The summed E-state index contributed by atoms with van der Waals surface area (Å²) < 4.78 is 5.15. The third-order valence-electron chi connectivity index (χ3n) is 6.67. The number of carbonyl (C=O) groups excluding carboxylic acids is 1. The number of piperidine rings is 1. The van der Waals surface area contributed by atoms with Gasteiger partial charge in [-0.1, -0.05) is 48.5 Å². The van der Waals surface area contributed by atoms with Gasteiger partial charge in [-0.25, -0.2) is 4.98 Å². The van der Waals surface area contributed by atoms with Crippen LogP contribution in [0.3, 0.4) is 0 Å².